The first-order chi connectivity index (χ1) is 8.48. The van der Waals surface area contributed by atoms with E-state index in [1.54, 1.807) is 36.4 Å². The lowest BCUT2D eigenvalue weighted by atomic mass is 10.0. The van der Waals surface area contributed by atoms with Gasteiger partial charge in [-0.05, 0) is 12.1 Å². The summed E-state index contributed by atoms with van der Waals surface area (Å²) in [4.78, 5) is 0.343. The third-order valence-corrected chi connectivity index (χ3v) is 6.16. The van der Waals surface area contributed by atoms with Crippen LogP contribution in [0.3, 0.4) is 0 Å². The predicted octanol–water partition coefficient (Wildman–Crippen LogP) is 2.97. The molecule has 0 saturated carbocycles. The molecule has 1 aromatic rings. The molecule has 6 heteroatoms. The summed E-state index contributed by atoms with van der Waals surface area (Å²) in [6.07, 6.45) is 1.39. The molecule has 0 radical (unpaired) electrons. The van der Waals surface area contributed by atoms with Gasteiger partial charge in [0.05, 0.1) is 10.8 Å². The van der Waals surface area contributed by atoms with Crippen LogP contribution in [0.15, 0.2) is 47.4 Å². The van der Waals surface area contributed by atoms with Crippen molar-refractivity contribution in [2.75, 3.05) is 0 Å². The van der Waals surface area contributed by atoms with E-state index in [4.69, 9.17) is 27.9 Å². The van der Waals surface area contributed by atoms with E-state index in [9.17, 15) is 4.21 Å². The zero-order valence-corrected chi connectivity index (χ0v) is 11.4. The first-order valence-corrected chi connectivity index (χ1v) is 7.26. The second kappa shape index (κ2) is 4.04. The molecule has 1 aromatic carbocycles. The summed E-state index contributed by atoms with van der Waals surface area (Å²) in [5, 5.41) is -2.34. The summed E-state index contributed by atoms with van der Waals surface area (Å²) < 4.78 is 31.0. The highest BCUT2D eigenvalue weighted by atomic mass is 35.5. The van der Waals surface area contributed by atoms with Crippen LogP contribution in [0.25, 0.3) is 0 Å². The fourth-order valence-electron chi connectivity index (χ4n) is 2.20. The van der Waals surface area contributed by atoms with Gasteiger partial charge >= 0.3 is 0 Å². The monoisotopic (exact) mass is 306 g/mol. The average molecular weight is 307 g/mol. The molecule has 3 rings (SSSR count). The summed E-state index contributed by atoms with van der Waals surface area (Å²) in [7, 11) is -2.00. The average Bonchev–Trinajstić information content (AvgIpc) is 2.93. The molecule has 0 N–H and O–H groups in total. The van der Waals surface area contributed by atoms with Gasteiger partial charge in [-0.25, -0.2) is 4.39 Å². The van der Waals surface area contributed by atoms with Gasteiger partial charge in [-0.2, -0.15) is 0 Å². The van der Waals surface area contributed by atoms with Crippen LogP contribution in [0.5, 0.6) is 0 Å². The lowest BCUT2D eigenvalue weighted by Gasteiger charge is -2.33. The van der Waals surface area contributed by atoms with E-state index in [2.05, 4.69) is 0 Å². The standard InChI is InChI=1S/C12H9Cl2FO2S/c13-11(14)9-6-7-10(17-9)12(11,15)18(16)8-4-2-1-3-5-8/h1-7,9-10H/t9-,10+,12-,18?/m0/s1. The molecule has 1 saturated heterocycles. The molecule has 1 fully saturated rings. The SMILES string of the molecule is O=S(c1ccccc1)[C@@]1(F)[C@H]2C=C[C@H](O2)C1(Cl)Cl. The summed E-state index contributed by atoms with van der Waals surface area (Å²) in [5.41, 5.74) is 0. The fourth-order valence-corrected chi connectivity index (χ4v) is 4.54. The second-order valence-electron chi connectivity index (χ2n) is 4.21. The Hall–Kier alpha value is -0.420. The molecule has 4 atom stereocenters. The van der Waals surface area contributed by atoms with Crippen LogP contribution < -0.4 is 0 Å². The van der Waals surface area contributed by atoms with Gasteiger partial charge in [0, 0.05) is 4.90 Å². The normalized spacial score (nSPS) is 37.9. The molecular formula is C12H9Cl2FO2S. The van der Waals surface area contributed by atoms with Crippen LogP contribution >= 0.6 is 23.2 Å². The van der Waals surface area contributed by atoms with Crippen molar-refractivity contribution in [3.63, 3.8) is 0 Å². The lowest BCUT2D eigenvalue weighted by molar-refractivity contribution is 0.0894. The molecule has 2 aliphatic rings. The van der Waals surface area contributed by atoms with Crippen molar-refractivity contribution in [1.82, 2.24) is 0 Å². The largest absolute Gasteiger partial charge is 0.359 e. The molecule has 2 nitrogen and oxygen atoms in total. The van der Waals surface area contributed by atoms with Gasteiger partial charge in [-0.15, -0.1) is 0 Å². The highest BCUT2D eigenvalue weighted by Gasteiger charge is 2.71. The Kier molecular flexibility index (Phi) is 2.83. The number of ether oxygens (including phenoxy) is 1. The molecule has 0 aliphatic carbocycles. The molecule has 2 bridgehead atoms. The van der Waals surface area contributed by atoms with E-state index in [0.717, 1.165) is 0 Å². The number of alkyl halides is 3. The highest BCUT2D eigenvalue weighted by molar-refractivity contribution is 7.86. The summed E-state index contributed by atoms with van der Waals surface area (Å²) in [5.74, 6) is 0. The first kappa shape index (κ1) is 12.6. The number of halogens is 3. The Labute approximate surface area is 116 Å². The molecule has 96 valence electrons. The predicted molar refractivity (Wildman–Crippen MR) is 68.9 cm³/mol. The van der Waals surface area contributed by atoms with Crippen LogP contribution in [0.1, 0.15) is 0 Å². The summed E-state index contributed by atoms with van der Waals surface area (Å²) >= 11 is 12.1. The van der Waals surface area contributed by atoms with Gasteiger partial charge in [0.25, 0.3) is 5.00 Å². The van der Waals surface area contributed by atoms with Crippen molar-refractivity contribution in [2.45, 2.75) is 26.4 Å². The number of rotatable bonds is 2. The van der Waals surface area contributed by atoms with Gasteiger partial charge in [0.15, 0.2) is 4.33 Å². The zero-order chi connectivity index (χ0) is 13.0. The minimum Gasteiger partial charge on any atom is -0.359 e. The van der Waals surface area contributed by atoms with E-state index < -0.39 is 32.3 Å². The number of benzene rings is 1. The maximum atomic E-state index is 15.1. The van der Waals surface area contributed by atoms with E-state index in [0.29, 0.717) is 4.90 Å². The van der Waals surface area contributed by atoms with Crippen molar-refractivity contribution in [1.29, 1.82) is 0 Å². The van der Waals surface area contributed by atoms with E-state index in [1.165, 1.54) is 6.08 Å². The Morgan fingerprint density at radius 2 is 1.78 bits per heavy atom. The first-order valence-electron chi connectivity index (χ1n) is 5.35. The second-order valence-corrected chi connectivity index (χ2v) is 7.20. The van der Waals surface area contributed by atoms with Gasteiger partial charge in [-0.1, -0.05) is 53.6 Å². The molecule has 0 amide bonds. The Morgan fingerprint density at radius 3 is 2.33 bits per heavy atom. The summed E-state index contributed by atoms with van der Waals surface area (Å²) in [6.45, 7) is 0. The van der Waals surface area contributed by atoms with E-state index in [-0.39, 0.29) is 0 Å². The van der Waals surface area contributed by atoms with Crippen LogP contribution in [0.2, 0.25) is 0 Å². The van der Waals surface area contributed by atoms with Crippen molar-refractivity contribution in [3.05, 3.63) is 42.5 Å². The zero-order valence-electron chi connectivity index (χ0n) is 9.05. The third-order valence-electron chi connectivity index (χ3n) is 3.16. The molecule has 1 unspecified atom stereocenters. The number of hydrogen-bond acceptors (Lipinski definition) is 2. The number of fused-ring (bicyclic) bond motifs is 2. The van der Waals surface area contributed by atoms with E-state index >= 15 is 4.39 Å². The topological polar surface area (TPSA) is 26.3 Å². The van der Waals surface area contributed by atoms with Gasteiger partial charge < -0.3 is 4.74 Å². The Balaban J connectivity index is 2.06. The molecule has 0 spiro atoms. The minimum absolute atomic E-state index is 0.343. The van der Waals surface area contributed by atoms with Gasteiger partial charge in [0.1, 0.15) is 12.2 Å². The Bertz CT molecular complexity index is 534. The van der Waals surface area contributed by atoms with Gasteiger partial charge in [-0.3, -0.25) is 4.21 Å². The molecule has 2 heterocycles. The van der Waals surface area contributed by atoms with Crippen LogP contribution in [0, 0.1) is 0 Å². The third kappa shape index (κ3) is 1.46. The highest BCUT2D eigenvalue weighted by Crippen LogP contribution is 2.56. The van der Waals surface area contributed by atoms with E-state index in [1.807, 2.05) is 0 Å². The van der Waals surface area contributed by atoms with Crippen molar-refractivity contribution < 1.29 is 13.3 Å². The van der Waals surface area contributed by atoms with Crippen LogP contribution in [0.4, 0.5) is 4.39 Å². The molecule has 18 heavy (non-hydrogen) atoms. The van der Waals surface area contributed by atoms with Gasteiger partial charge in [0.2, 0.25) is 0 Å². The molecule has 0 aromatic heterocycles. The lowest BCUT2D eigenvalue weighted by Crippen LogP contribution is -2.52. The van der Waals surface area contributed by atoms with Crippen LogP contribution in [-0.4, -0.2) is 25.8 Å². The van der Waals surface area contributed by atoms with Crippen molar-refractivity contribution in [2.24, 2.45) is 0 Å². The minimum atomic E-state index is -2.34. The van der Waals surface area contributed by atoms with Crippen LogP contribution in [-0.2, 0) is 15.5 Å². The quantitative estimate of drug-likeness (QED) is 0.620. The summed E-state index contributed by atoms with van der Waals surface area (Å²) in [6, 6.07) is 8.29. The Morgan fingerprint density at radius 1 is 1.17 bits per heavy atom. The maximum absolute atomic E-state index is 15.1. The smallest absolute Gasteiger partial charge is 0.253 e. The fraction of sp³-hybridized carbons (Fsp3) is 0.333. The van der Waals surface area contributed by atoms with Crippen molar-refractivity contribution in [3.8, 4) is 0 Å². The van der Waals surface area contributed by atoms with Crippen molar-refractivity contribution >= 4 is 34.0 Å². The molecular weight excluding hydrogens is 298 g/mol. The number of hydrogen-bond donors (Lipinski definition) is 0. The molecule has 2 aliphatic heterocycles. The maximum Gasteiger partial charge on any atom is 0.253 e.